The van der Waals surface area contributed by atoms with Crippen LogP contribution in [0.3, 0.4) is 0 Å². The summed E-state index contributed by atoms with van der Waals surface area (Å²) in [6, 6.07) is 20.1. The number of hydrogen-bond donors (Lipinski definition) is 0. The first-order chi connectivity index (χ1) is 16.6. The Hall–Kier alpha value is -2.05. The van der Waals surface area contributed by atoms with Crippen molar-refractivity contribution in [2.75, 3.05) is 0 Å². The molecule has 0 bridgehead atoms. The van der Waals surface area contributed by atoms with Crippen molar-refractivity contribution in [3.8, 4) is 0 Å². The summed E-state index contributed by atoms with van der Waals surface area (Å²) in [6.07, 6.45) is 20.3. The summed E-state index contributed by atoms with van der Waals surface area (Å²) in [4.78, 5) is 0. The molecule has 0 radical (unpaired) electrons. The third kappa shape index (κ3) is 9.67. The number of halogens is 1. The van der Waals surface area contributed by atoms with Crippen LogP contribution in [0.15, 0.2) is 89.5 Å². The van der Waals surface area contributed by atoms with E-state index in [4.69, 9.17) is 11.6 Å². The van der Waals surface area contributed by atoms with Gasteiger partial charge in [-0.2, -0.15) is 0 Å². The Kier molecular flexibility index (Phi) is 11.8. The van der Waals surface area contributed by atoms with Crippen molar-refractivity contribution >= 4 is 11.6 Å². The quantitative estimate of drug-likeness (QED) is 0.178. The van der Waals surface area contributed by atoms with Gasteiger partial charge in [0.2, 0.25) is 0 Å². The summed E-state index contributed by atoms with van der Waals surface area (Å²) in [7, 11) is 0. The molecule has 1 aliphatic rings. The van der Waals surface area contributed by atoms with Gasteiger partial charge in [-0.05, 0) is 86.0 Å². The highest BCUT2D eigenvalue weighted by Gasteiger charge is 2.08. The minimum Gasteiger partial charge on any atom is -0.0996 e. The Bertz CT molecular complexity index is 917. The number of allylic oxidation sites excluding steroid dienone is 5. The first-order valence-electron chi connectivity index (χ1n) is 13.5. The average Bonchev–Trinajstić information content (AvgIpc) is 2.86. The number of hydrogen-bond acceptors (Lipinski definition) is 0. The number of benzene rings is 2. The fourth-order valence-electron chi connectivity index (χ4n) is 4.82. The monoisotopic (exact) mass is 474 g/mol. The Balaban J connectivity index is 1.20. The van der Waals surface area contributed by atoms with Crippen LogP contribution in [-0.2, 0) is 19.3 Å². The number of rotatable bonds is 15. The predicted octanol–water partition coefficient (Wildman–Crippen LogP) is 10.2. The van der Waals surface area contributed by atoms with E-state index < -0.39 is 0 Å². The zero-order chi connectivity index (χ0) is 24.0. The summed E-state index contributed by atoms with van der Waals surface area (Å²) in [5.41, 5.74) is 7.05. The molecule has 1 unspecified atom stereocenters. The zero-order valence-corrected chi connectivity index (χ0v) is 22.0. The van der Waals surface area contributed by atoms with Gasteiger partial charge in [0.05, 0.1) is 0 Å². The first-order valence-corrected chi connectivity index (χ1v) is 13.8. The van der Waals surface area contributed by atoms with Crippen molar-refractivity contribution in [2.24, 2.45) is 5.92 Å². The van der Waals surface area contributed by atoms with Gasteiger partial charge in [-0.3, -0.25) is 0 Å². The normalized spacial score (nSPS) is 14.4. The van der Waals surface area contributed by atoms with Gasteiger partial charge in [-0.1, -0.05) is 123 Å². The minimum atomic E-state index is 0.577. The molecular formula is C33H43Cl. The van der Waals surface area contributed by atoms with Gasteiger partial charge < -0.3 is 0 Å². The van der Waals surface area contributed by atoms with Crippen LogP contribution < -0.4 is 0 Å². The van der Waals surface area contributed by atoms with E-state index in [1.54, 1.807) is 0 Å². The largest absolute Gasteiger partial charge is 0.0996 e. The predicted molar refractivity (Wildman–Crippen MR) is 150 cm³/mol. The van der Waals surface area contributed by atoms with E-state index in [1.807, 2.05) is 0 Å². The Morgan fingerprint density at radius 3 is 2.06 bits per heavy atom. The Morgan fingerprint density at radius 1 is 0.735 bits per heavy atom. The summed E-state index contributed by atoms with van der Waals surface area (Å²) < 4.78 is 0. The van der Waals surface area contributed by atoms with Crippen LogP contribution in [0.4, 0.5) is 0 Å². The van der Waals surface area contributed by atoms with Gasteiger partial charge in [-0.25, -0.2) is 0 Å². The van der Waals surface area contributed by atoms with Crippen LogP contribution in [0.25, 0.3) is 0 Å². The smallest absolute Gasteiger partial charge is 0.0395 e. The van der Waals surface area contributed by atoms with Crippen LogP contribution in [-0.4, -0.2) is 0 Å². The van der Waals surface area contributed by atoms with Crippen LogP contribution in [0.5, 0.6) is 0 Å². The Labute approximate surface area is 213 Å². The topological polar surface area (TPSA) is 0 Å². The van der Waals surface area contributed by atoms with Crippen molar-refractivity contribution in [1.29, 1.82) is 0 Å². The molecule has 0 nitrogen and oxygen atoms in total. The molecule has 0 aromatic heterocycles. The lowest BCUT2D eigenvalue weighted by Gasteiger charge is -2.15. The molecule has 0 amide bonds. The molecule has 1 aliphatic carbocycles. The highest BCUT2D eigenvalue weighted by molar-refractivity contribution is 6.32. The third-order valence-electron chi connectivity index (χ3n) is 7.19. The second-order valence-electron chi connectivity index (χ2n) is 10.0. The van der Waals surface area contributed by atoms with Crippen molar-refractivity contribution in [1.82, 2.24) is 0 Å². The molecule has 0 N–H and O–H groups in total. The maximum Gasteiger partial charge on any atom is 0.0395 e. The molecule has 182 valence electrons. The van der Waals surface area contributed by atoms with Crippen LogP contribution >= 0.6 is 11.6 Å². The van der Waals surface area contributed by atoms with Gasteiger partial charge in [0.1, 0.15) is 0 Å². The van der Waals surface area contributed by atoms with Gasteiger partial charge >= 0.3 is 0 Å². The lowest BCUT2D eigenvalue weighted by molar-refractivity contribution is 0.570. The minimum absolute atomic E-state index is 0.577. The summed E-state index contributed by atoms with van der Waals surface area (Å²) in [5.74, 6) is 0.577. The molecule has 0 heterocycles. The molecule has 34 heavy (non-hydrogen) atoms. The molecule has 0 saturated heterocycles. The second-order valence-corrected chi connectivity index (χ2v) is 10.5. The van der Waals surface area contributed by atoms with E-state index in [-0.39, 0.29) is 0 Å². The van der Waals surface area contributed by atoms with E-state index in [0.29, 0.717) is 5.92 Å². The standard InChI is InChI=1S/C33H43Cl/c1-27(28(2)26-31-16-10-7-11-17-31)14-8-5-3-4-6-9-15-29-20-22-30(23-21-29)24-25-32-18-12-13-19-33(32)34/h7,10-11,16-23,28H,1,3-6,8-9,12-15,24-26H2,2H3. The maximum absolute atomic E-state index is 6.33. The third-order valence-corrected chi connectivity index (χ3v) is 7.59. The summed E-state index contributed by atoms with van der Waals surface area (Å²) >= 11 is 6.33. The number of unbranched alkanes of at least 4 members (excludes halogenated alkanes) is 5. The van der Waals surface area contributed by atoms with Gasteiger partial charge in [-0.15, -0.1) is 0 Å². The summed E-state index contributed by atoms with van der Waals surface area (Å²) in [5, 5.41) is 0.963. The van der Waals surface area contributed by atoms with Gasteiger partial charge in [0.25, 0.3) is 0 Å². The first kappa shape index (κ1) is 26.6. The van der Waals surface area contributed by atoms with Crippen molar-refractivity contribution in [3.05, 3.63) is 106 Å². The van der Waals surface area contributed by atoms with E-state index in [1.165, 1.54) is 79.2 Å². The van der Waals surface area contributed by atoms with Crippen LogP contribution in [0.1, 0.15) is 87.8 Å². The van der Waals surface area contributed by atoms with Crippen molar-refractivity contribution < 1.29 is 0 Å². The van der Waals surface area contributed by atoms with E-state index in [9.17, 15) is 0 Å². The van der Waals surface area contributed by atoms with E-state index in [2.05, 4.69) is 80.3 Å². The molecule has 1 heteroatoms. The highest BCUT2D eigenvalue weighted by atomic mass is 35.5. The number of aryl methyl sites for hydroxylation is 2. The molecule has 0 fully saturated rings. The SMILES string of the molecule is C=C(CCCCCCCCc1ccc(CCC2=CCCC=C2Cl)cc1)C(C)Cc1ccccc1. The van der Waals surface area contributed by atoms with E-state index in [0.717, 1.165) is 37.1 Å². The van der Waals surface area contributed by atoms with Crippen molar-refractivity contribution in [3.63, 3.8) is 0 Å². The van der Waals surface area contributed by atoms with Gasteiger partial charge in [0.15, 0.2) is 0 Å². The fourth-order valence-corrected chi connectivity index (χ4v) is 5.10. The molecule has 2 aromatic rings. The Morgan fingerprint density at radius 2 is 1.35 bits per heavy atom. The van der Waals surface area contributed by atoms with E-state index >= 15 is 0 Å². The molecule has 0 aliphatic heterocycles. The zero-order valence-electron chi connectivity index (χ0n) is 21.2. The maximum atomic E-state index is 6.33. The average molecular weight is 475 g/mol. The van der Waals surface area contributed by atoms with Crippen LogP contribution in [0, 0.1) is 5.92 Å². The second kappa shape index (κ2) is 15.0. The molecule has 0 spiro atoms. The molecule has 0 saturated carbocycles. The lowest BCUT2D eigenvalue weighted by Crippen LogP contribution is -2.03. The molecule has 1 atom stereocenters. The van der Waals surface area contributed by atoms with Crippen molar-refractivity contribution in [2.45, 2.75) is 90.4 Å². The molecule has 3 rings (SSSR count). The lowest BCUT2D eigenvalue weighted by atomic mass is 9.91. The fraction of sp³-hybridized carbons (Fsp3) is 0.455. The van der Waals surface area contributed by atoms with Crippen LogP contribution in [0.2, 0.25) is 0 Å². The summed E-state index contributed by atoms with van der Waals surface area (Å²) in [6.45, 7) is 6.69. The van der Waals surface area contributed by atoms with Gasteiger partial charge in [0, 0.05) is 5.03 Å². The molecule has 2 aromatic carbocycles. The highest BCUT2D eigenvalue weighted by Crippen LogP contribution is 2.26. The molecular weight excluding hydrogens is 432 g/mol.